The Kier molecular flexibility index (Phi) is 4.35. The summed E-state index contributed by atoms with van der Waals surface area (Å²) < 4.78 is 8.53. The second-order valence-corrected chi connectivity index (χ2v) is 7.93. The molecule has 2 heterocycles. The summed E-state index contributed by atoms with van der Waals surface area (Å²) in [6.45, 7) is 0. The lowest BCUT2D eigenvalue weighted by Crippen LogP contribution is -1.89. The van der Waals surface area contributed by atoms with Crippen LogP contribution in [0.4, 0.5) is 0 Å². The maximum absolute atomic E-state index is 4.44. The molecule has 0 aromatic carbocycles. The predicted molar refractivity (Wildman–Crippen MR) is 72.7 cm³/mol. The zero-order valence-corrected chi connectivity index (χ0v) is 11.2. The van der Waals surface area contributed by atoms with Gasteiger partial charge in [-0.05, 0) is 24.2 Å². The van der Waals surface area contributed by atoms with Crippen molar-refractivity contribution in [3.8, 4) is 0 Å². The number of nitrogens with zero attached hydrogens (tertiary/aromatic N) is 1. The van der Waals surface area contributed by atoms with Gasteiger partial charge in [0.1, 0.15) is 4.38 Å². The largest absolute Gasteiger partial charge is 0.197 e. The van der Waals surface area contributed by atoms with E-state index in [0.29, 0.717) is 0 Å². The Balaban J connectivity index is 2.08. The van der Waals surface area contributed by atoms with Gasteiger partial charge in [0.2, 0.25) is 0 Å². The van der Waals surface area contributed by atoms with E-state index in [2.05, 4.69) is 10.7 Å². The van der Waals surface area contributed by atoms with Gasteiger partial charge in [0.05, 0.1) is 8.47 Å². The molecule has 72 valence electrons. The Labute approximate surface area is 99.9 Å². The highest BCUT2D eigenvalue weighted by molar-refractivity contribution is 8.46. The van der Waals surface area contributed by atoms with Crippen molar-refractivity contribution in [2.75, 3.05) is 17.8 Å². The minimum atomic E-state index is 1.19. The topological polar surface area (TPSA) is 12.4 Å². The normalized spacial score (nSPS) is 23.6. The lowest BCUT2D eigenvalue weighted by Gasteiger charge is -2.13. The van der Waals surface area contributed by atoms with Crippen LogP contribution in [0.25, 0.3) is 0 Å². The van der Waals surface area contributed by atoms with Crippen LogP contribution in [0.1, 0.15) is 6.42 Å². The lowest BCUT2D eigenvalue weighted by molar-refractivity contribution is 1.13. The smallest absolute Gasteiger partial charge is 0.143 e. The van der Waals surface area contributed by atoms with Crippen LogP contribution in [0.3, 0.4) is 0 Å². The van der Waals surface area contributed by atoms with Crippen LogP contribution in [0.15, 0.2) is 12.9 Å². The standard InChI is InChI=1S/C7H9NS5/c1-9-7-8-13-6-5(12-7)10-3-2-4-11-6/h2-4H2,1H3. The Bertz CT molecular complexity index is 260. The van der Waals surface area contributed by atoms with Gasteiger partial charge in [-0.2, -0.15) is 4.40 Å². The monoisotopic (exact) mass is 267 g/mol. The summed E-state index contributed by atoms with van der Waals surface area (Å²) in [6, 6.07) is 0. The third-order valence-electron chi connectivity index (χ3n) is 1.48. The maximum atomic E-state index is 4.44. The van der Waals surface area contributed by atoms with E-state index in [-0.39, 0.29) is 0 Å². The van der Waals surface area contributed by atoms with Crippen molar-refractivity contribution >= 4 is 63.4 Å². The Morgan fingerprint density at radius 2 is 2.00 bits per heavy atom. The third kappa shape index (κ3) is 2.81. The summed E-state index contributed by atoms with van der Waals surface area (Å²) in [5.41, 5.74) is 0. The summed E-state index contributed by atoms with van der Waals surface area (Å²) in [5.74, 6) is 2.52. The molecule has 0 unspecified atom stereocenters. The highest BCUT2D eigenvalue weighted by atomic mass is 32.2. The number of thioether (sulfide) groups is 4. The fourth-order valence-electron chi connectivity index (χ4n) is 0.897. The summed E-state index contributed by atoms with van der Waals surface area (Å²) in [4.78, 5) is 0. The van der Waals surface area contributed by atoms with E-state index < -0.39 is 0 Å². The van der Waals surface area contributed by atoms with Crippen LogP contribution in [-0.2, 0) is 0 Å². The van der Waals surface area contributed by atoms with E-state index in [1.807, 2.05) is 35.3 Å². The zero-order chi connectivity index (χ0) is 9.10. The molecule has 0 spiro atoms. The van der Waals surface area contributed by atoms with E-state index in [1.54, 1.807) is 23.7 Å². The van der Waals surface area contributed by atoms with Gasteiger partial charge < -0.3 is 0 Å². The predicted octanol–water partition coefficient (Wildman–Crippen LogP) is 4.10. The first-order chi connectivity index (χ1) is 6.40. The van der Waals surface area contributed by atoms with Gasteiger partial charge in [0, 0.05) is 11.9 Å². The van der Waals surface area contributed by atoms with Gasteiger partial charge >= 0.3 is 0 Å². The number of hydrogen-bond acceptors (Lipinski definition) is 6. The van der Waals surface area contributed by atoms with Crippen molar-refractivity contribution in [3.63, 3.8) is 0 Å². The molecule has 0 aliphatic carbocycles. The summed E-state index contributed by atoms with van der Waals surface area (Å²) >= 11 is 9.21. The Morgan fingerprint density at radius 1 is 1.23 bits per heavy atom. The molecule has 2 rings (SSSR count). The molecule has 0 saturated heterocycles. The molecule has 0 fully saturated rings. The first-order valence-corrected chi connectivity index (χ1v) is 8.65. The number of hydrogen-bond donors (Lipinski definition) is 0. The SMILES string of the molecule is CSC1=NSC2=C(SCCCS2)S1. The van der Waals surface area contributed by atoms with E-state index in [0.717, 1.165) is 0 Å². The summed E-state index contributed by atoms with van der Waals surface area (Å²) in [5, 5.41) is 0. The minimum Gasteiger partial charge on any atom is -0.197 e. The van der Waals surface area contributed by atoms with Gasteiger partial charge in [0.25, 0.3) is 0 Å². The van der Waals surface area contributed by atoms with E-state index in [1.165, 1.54) is 30.8 Å². The molecule has 13 heavy (non-hydrogen) atoms. The Hall–Kier alpha value is 1.16. The van der Waals surface area contributed by atoms with Crippen LogP contribution in [0.2, 0.25) is 0 Å². The van der Waals surface area contributed by atoms with Gasteiger partial charge in [-0.15, -0.1) is 35.3 Å². The molecule has 0 bridgehead atoms. The van der Waals surface area contributed by atoms with Crippen molar-refractivity contribution in [2.24, 2.45) is 4.40 Å². The van der Waals surface area contributed by atoms with Crippen molar-refractivity contribution < 1.29 is 0 Å². The summed E-state index contributed by atoms with van der Waals surface area (Å²) in [6.07, 6.45) is 3.41. The van der Waals surface area contributed by atoms with Crippen molar-refractivity contribution in [1.82, 2.24) is 0 Å². The molecule has 0 aromatic heterocycles. The third-order valence-corrected chi connectivity index (χ3v) is 7.82. The summed E-state index contributed by atoms with van der Waals surface area (Å²) in [7, 11) is 0. The van der Waals surface area contributed by atoms with Crippen LogP contribution in [0, 0.1) is 0 Å². The first-order valence-electron chi connectivity index (χ1n) is 3.87. The van der Waals surface area contributed by atoms with Crippen molar-refractivity contribution in [3.05, 3.63) is 8.47 Å². The van der Waals surface area contributed by atoms with Crippen molar-refractivity contribution in [2.45, 2.75) is 6.42 Å². The fraction of sp³-hybridized carbons (Fsp3) is 0.571. The highest BCUT2D eigenvalue weighted by Crippen LogP contribution is 2.50. The van der Waals surface area contributed by atoms with E-state index in [4.69, 9.17) is 0 Å². The van der Waals surface area contributed by atoms with Crippen molar-refractivity contribution in [1.29, 1.82) is 0 Å². The van der Waals surface area contributed by atoms with Crippen LogP contribution < -0.4 is 0 Å². The average Bonchev–Trinajstić information content (AvgIpc) is 2.41. The molecule has 2 aliphatic heterocycles. The molecule has 1 nitrogen and oxygen atoms in total. The second-order valence-electron chi connectivity index (χ2n) is 2.38. The molecular formula is C7H9NS5. The quantitative estimate of drug-likeness (QED) is 0.611. The molecule has 0 radical (unpaired) electrons. The van der Waals surface area contributed by atoms with Gasteiger partial charge in [0.15, 0.2) is 0 Å². The van der Waals surface area contributed by atoms with Crippen LogP contribution in [-0.4, -0.2) is 22.1 Å². The molecule has 0 saturated carbocycles. The second kappa shape index (κ2) is 5.30. The molecular weight excluding hydrogens is 258 g/mol. The first kappa shape index (κ1) is 10.7. The van der Waals surface area contributed by atoms with Gasteiger partial charge in [-0.1, -0.05) is 11.8 Å². The molecule has 2 aliphatic rings. The minimum absolute atomic E-state index is 1.19. The van der Waals surface area contributed by atoms with Gasteiger partial charge in [-0.3, -0.25) is 0 Å². The van der Waals surface area contributed by atoms with Crippen LogP contribution >= 0.6 is 59.0 Å². The molecule has 0 aromatic rings. The lowest BCUT2D eigenvalue weighted by atomic mass is 10.6. The Morgan fingerprint density at radius 3 is 2.77 bits per heavy atom. The highest BCUT2D eigenvalue weighted by Gasteiger charge is 2.20. The van der Waals surface area contributed by atoms with E-state index >= 15 is 0 Å². The molecule has 0 atom stereocenters. The molecule has 0 amide bonds. The number of rotatable bonds is 0. The fourth-order valence-corrected chi connectivity index (χ4v) is 6.63. The van der Waals surface area contributed by atoms with E-state index in [9.17, 15) is 0 Å². The molecule has 0 N–H and O–H groups in total. The molecule has 6 heteroatoms. The maximum Gasteiger partial charge on any atom is 0.143 e. The van der Waals surface area contributed by atoms with Gasteiger partial charge in [-0.25, -0.2) is 0 Å². The zero-order valence-electron chi connectivity index (χ0n) is 7.11. The van der Waals surface area contributed by atoms with Crippen LogP contribution in [0.5, 0.6) is 0 Å². The average molecular weight is 267 g/mol.